The van der Waals surface area contributed by atoms with Crippen LogP contribution in [0.15, 0.2) is 97.1 Å². The molecular weight excluding hydrogens is 500 g/mol. The van der Waals surface area contributed by atoms with Crippen molar-refractivity contribution in [2.24, 2.45) is 0 Å². The molecule has 196 valence electrons. The van der Waals surface area contributed by atoms with Crippen LogP contribution >= 0.6 is 0 Å². The Balaban J connectivity index is 1.35. The Labute approximate surface area is 223 Å². The number of anilines is 2. The molecule has 0 aliphatic heterocycles. The zero-order valence-electron chi connectivity index (χ0n) is 21.2. The standard InChI is InChI=1S/C30H30N2O5S/c1-21(2)38(35,36)32-27-10-3-6-22(18-27)16-17-37-29-11-5-9-26(20-29)31-30(34)25-8-4-7-24(19-25)23-12-14-28(33)15-13-23/h3-15,18-21,32-33H,16-17H2,1-2H3,(H,31,34). The number of aromatic hydroxyl groups is 1. The number of carbonyl (C=O) groups is 1. The molecule has 3 N–H and O–H groups in total. The van der Waals surface area contributed by atoms with Crippen LogP contribution in [0.2, 0.25) is 0 Å². The van der Waals surface area contributed by atoms with E-state index in [1.165, 1.54) is 0 Å². The summed E-state index contributed by atoms with van der Waals surface area (Å²) >= 11 is 0. The number of rotatable bonds is 10. The molecule has 0 saturated carbocycles. The number of amides is 1. The smallest absolute Gasteiger partial charge is 0.255 e. The minimum atomic E-state index is -3.41. The number of phenols is 1. The Morgan fingerprint density at radius 1 is 0.842 bits per heavy atom. The molecule has 1 amide bonds. The number of hydrogen-bond donors (Lipinski definition) is 3. The lowest BCUT2D eigenvalue weighted by atomic mass is 10.0. The van der Waals surface area contributed by atoms with E-state index in [0.29, 0.717) is 35.7 Å². The lowest BCUT2D eigenvalue weighted by Crippen LogP contribution is -2.22. The number of hydrogen-bond acceptors (Lipinski definition) is 5. The first kappa shape index (κ1) is 26.8. The maximum atomic E-state index is 12.9. The second-order valence-corrected chi connectivity index (χ2v) is 11.3. The summed E-state index contributed by atoms with van der Waals surface area (Å²) in [5.41, 5.74) is 4.34. The minimum Gasteiger partial charge on any atom is -0.508 e. The number of benzene rings is 4. The van der Waals surface area contributed by atoms with Crippen LogP contribution in [0.4, 0.5) is 11.4 Å². The van der Waals surface area contributed by atoms with Gasteiger partial charge in [-0.3, -0.25) is 9.52 Å². The third-order valence-corrected chi connectivity index (χ3v) is 7.65. The van der Waals surface area contributed by atoms with Crippen molar-refractivity contribution in [2.75, 3.05) is 16.6 Å². The molecule has 7 nitrogen and oxygen atoms in total. The van der Waals surface area contributed by atoms with E-state index >= 15 is 0 Å². The van der Waals surface area contributed by atoms with E-state index in [9.17, 15) is 18.3 Å². The summed E-state index contributed by atoms with van der Waals surface area (Å²) in [5.74, 6) is 0.549. The Morgan fingerprint density at radius 3 is 2.32 bits per heavy atom. The number of carbonyl (C=O) groups excluding carboxylic acids is 1. The summed E-state index contributed by atoms with van der Waals surface area (Å²) in [5, 5.41) is 11.9. The molecule has 0 fully saturated rings. The van der Waals surface area contributed by atoms with Gasteiger partial charge in [0.1, 0.15) is 11.5 Å². The third kappa shape index (κ3) is 7.14. The second-order valence-electron chi connectivity index (χ2n) is 9.10. The number of nitrogens with one attached hydrogen (secondary N) is 2. The fourth-order valence-electron chi connectivity index (χ4n) is 3.72. The van der Waals surface area contributed by atoms with Crippen molar-refractivity contribution >= 4 is 27.3 Å². The molecule has 0 aromatic heterocycles. The van der Waals surface area contributed by atoms with Gasteiger partial charge in [0.15, 0.2) is 0 Å². The zero-order valence-corrected chi connectivity index (χ0v) is 22.0. The van der Waals surface area contributed by atoms with E-state index in [2.05, 4.69) is 10.0 Å². The summed E-state index contributed by atoms with van der Waals surface area (Å²) < 4.78 is 32.7. The molecule has 0 radical (unpaired) electrons. The highest BCUT2D eigenvalue weighted by Crippen LogP contribution is 2.24. The lowest BCUT2D eigenvalue weighted by Gasteiger charge is -2.12. The highest BCUT2D eigenvalue weighted by atomic mass is 32.2. The first-order chi connectivity index (χ1) is 18.2. The van der Waals surface area contributed by atoms with Crippen LogP contribution in [0.5, 0.6) is 11.5 Å². The van der Waals surface area contributed by atoms with Crippen molar-refractivity contribution in [2.45, 2.75) is 25.5 Å². The van der Waals surface area contributed by atoms with E-state index in [0.717, 1.165) is 16.7 Å². The van der Waals surface area contributed by atoms with Crippen molar-refractivity contribution in [1.82, 2.24) is 0 Å². The molecule has 4 aromatic carbocycles. The van der Waals surface area contributed by atoms with Gasteiger partial charge in [0, 0.05) is 29.4 Å². The van der Waals surface area contributed by atoms with Crippen LogP contribution < -0.4 is 14.8 Å². The molecule has 0 bridgehead atoms. The van der Waals surface area contributed by atoms with Crippen LogP contribution in [0.25, 0.3) is 11.1 Å². The van der Waals surface area contributed by atoms with Crippen LogP contribution in [0.1, 0.15) is 29.8 Å². The SMILES string of the molecule is CC(C)S(=O)(=O)Nc1cccc(CCOc2cccc(NC(=O)c3cccc(-c4ccc(O)cc4)c3)c2)c1. The third-order valence-electron chi connectivity index (χ3n) is 5.88. The van der Waals surface area contributed by atoms with Crippen LogP contribution in [-0.2, 0) is 16.4 Å². The summed E-state index contributed by atoms with van der Waals surface area (Å²) in [4.78, 5) is 12.9. The molecule has 4 rings (SSSR count). The Hall–Kier alpha value is -4.30. The molecule has 0 atom stereocenters. The Morgan fingerprint density at radius 2 is 1.55 bits per heavy atom. The Bertz CT molecular complexity index is 1520. The number of phenolic OH excluding ortho intramolecular Hbond substituents is 1. The van der Waals surface area contributed by atoms with Crippen LogP contribution in [-0.4, -0.2) is 31.3 Å². The largest absolute Gasteiger partial charge is 0.508 e. The molecule has 8 heteroatoms. The van der Waals surface area contributed by atoms with E-state index in [1.54, 1.807) is 86.6 Å². The van der Waals surface area contributed by atoms with E-state index in [-0.39, 0.29) is 11.7 Å². The molecule has 0 saturated heterocycles. The van der Waals surface area contributed by atoms with Crippen LogP contribution in [0, 0.1) is 0 Å². The summed E-state index contributed by atoms with van der Waals surface area (Å²) in [6, 6.07) is 28.5. The normalized spacial score (nSPS) is 11.2. The summed E-state index contributed by atoms with van der Waals surface area (Å²) in [7, 11) is -3.41. The van der Waals surface area contributed by atoms with Crippen LogP contribution in [0.3, 0.4) is 0 Å². The zero-order chi connectivity index (χ0) is 27.1. The predicted octanol–water partition coefficient (Wildman–Crippen LogP) is 6.08. The van der Waals surface area contributed by atoms with Crippen molar-refractivity contribution in [3.8, 4) is 22.6 Å². The van der Waals surface area contributed by atoms with Crippen molar-refractivity contribution < 1.29 is 23.1 Å². The average molecular weight is 531 g/mol. The second kappa shape index (κ2) is 11.8. The summed E-state index contributed by atoms with van der Waals surface area (Å²) in [6.45, 7) is 3.64. The van der Waals surface area contributed by atoms with Gasteiger partial charge in [-0.15, -0.1) is 0 Å². The minimum absolute atomic E-state index is 0.187. The van der Waals surface area contributed by atoms with E-state index in [4.69, 9.17) is 4.74 Å². The molecule has 0 unspecified atom stereocenters. The van der Waals surface area contributed by atoms with E-state index < -0.39 is 15.3 Å². The molecule has 0 aliphatic rings. The molecule has 4 aromatic rings. The monoisotopic (exact) mass is 530 g/mol. The molecular formula is C30H30N2O5S. The number of ether oxygens (including phenoxy) is 1. The molecule has 0 spiro atoms. The fraction of sp³-hybridized carbons (Fsp3) is 0.167. The van der Waals surface area contributed by atoms with Gasteiger partial charge < -0.3 is 15.2 Å². The fourth-order valence-corrected chi connectivity index (χ4v) is 4.41. The highest BCUT2D eigenvalue weighted by molar-refractivity contribution is 7.93. The van der Waals surface area contributed by atoms with Crippen molar-refractivity contribution in [1.29, 1.82) is 0 Å². The first-order valence-electron chi connectivity index (χ1n) is 12.2. The maximum absolute atomic E-state index is 12.9. The molecule has 0 aliphatic carbocycles. The van der Waals surface area contributed by atoms with E-state index in [1.807, 2.05) is 24.3 Å². The maximum Gasteiger partial charge on any atom is 0.255 e. The Kier molecular flexibility index (Phi) is 8.33. The van der Waals surface area contributed by atoms with Gasteiger partial charge >= 0.3 is 0 Å². The van der Waals surface area contributed by atoms with Gasteiger partial charge in [-0.25, -0.2) is 8.42 Å². The van der Waals surface area contributed by atoms with Crippen molar-refractivity contribution in [3.05, 3.63) is 108 Å². The summed E-state index contributed by atoms with van der Waals surface area (Å²) in [6.07, 6.45) is 0.581. The van der Waals surface area contributed by atoms with Gasteiger partial charge in [-0.1, -0.05) is 42.5 Å². The van der Waals surface area contributed by atoms with Gasteiger partial charge in [0.05, 0.1) is 11.9 Å². The number of sulfonamides is 1. The predicted molar refractivity (Wildman–Crippen MR) is 151 cm³/mol. The van der Waals surface area contributed by atoms with Gasteiger partial charge in [0.25, 0.3) is 5.91 Å². The first-order valence-corrected chi connectivity index (χ1v) is 13.8. The molecule has 38 heavy (non-hydrogen) atoms. The lowest BCUT2D eigenvalue weighted by molar-refractivity contribution is 0.102. The van der Waals surface area contributed by atoms with Gasteiger partial charge in [-0.05, 0) is 79.1 Å². The average Bonchev–Trinajstić information content (AvgIpc) is 2.89. The quantitative estimate of drug-likeness (QED) is 0.230. The van der Waals surface area contributed by atoms with Gasteiger partial charge in [0.2, 0.25) is 10.0 Å². The van der Waals surface area contributed by atoms with Crippen molar-refractivity contribution in [3.63, 3.8) is 0 Å². The highest BCUT2D eigenvalue weighted by Gasteiger charge is 2.15. The molecule has 0 heterocycles. The van der Waals surface area contributed by atoms with Gasteiger partial charge in [-0.2, -0.15) is 0 Å². The topological polar surface area (TPSA) is 105 Å².